The smallest absolute Gasteiger partial charge is 0.543 e. The number of aliphatic hydroxyl groups is 1. The number of hydrogen-bond donors (Lipinski definition) is 2. The molecule has 0 spiro atoms. The Morgan fingerprint density at radius 3 is 2.41 bits per heavy atom. The number of aliphatic hydroxyl groups excluding tert-OH is 1. The Kier molecular flexibility index (Phi) is 5.37. The van der Waals surface area contributed by atoms with Crippen LogP contribution in [0.2, 0.25) is 0 Å². The predicted molar refractivity (Wildman–Crippen MR) is 106 cm³/mol. The number of fused-ring (bicyclic) bond motifs is 4. The van der Waals surface area contributed by atoms with Crippen LogP contribution in [0.5, 0.6) is 0 Å². The first-order valence-electron chi connectivity index (χ1n) is 9.79. The fourth-order valence-electron chi connectivity index (χ4n) is 4.93. The number of carboxylic acids is 1. The van der Waals surface area contributed by atoms with E-state index in [1.54, 1.807) is 24.3 Å². The van der Waals surface area contributed by atoms with E-state index in [4.69, 9.17) is 5.73 Å². The second-order valence-electron chi connectivity index (χ2n) is 8.07. The quantitative estimate of drug-likeness (QED) is 0.329. The van der Waals surface area contributed by atoms with Crippen molar-refractivity contribution in [1.29, 1.82) is 0 Å². The SMILES string of the molecule is C[C@@H](O)[C@H]1C(=O)N2C(C(=O)[O-])=C(c3ccc4c(c3)-c3ccc(C(N)=O)cc3C4=O)C[C@H]12.[Na+]. The molecule has 1 aliphatic carbocycles. The van der Waals surface area contributed by atoms with Gasteiger partial charge in [0.15, 0.2) is 5.78 Å². The fraction of sp³-hybridized carbons (Fsp3) is 0.217. The molecule has 0 unspecified atom stereocenters. The number of amides is 2. The van der Waals surface area contributed by atoms with Crippen molar-refractivity contribution in [2.24, 2.45) is 11.7 Å². The standard InChI is InChI=1S/C23H18N2O6.Na/c1-9(26)18-17-8-14(19(23(30)31)25(17)22(18)29)10-2-5-13-15(6-10)12-4-3-11(21(24)28)7-16(12)20(13)27;/h2-7,9,17-18,26H,8H2,1H3,(H2,24,28)(H,30,31);/q;+1/p-1/t9-,17-,18-;/m1./s1. The summed E-state index contributed by atoms with van der Waals surface area (Å²) in [7, 11) is 0. The summed E-state index contributed by atoms with van der Waals surface area (Å²) in [5.41, 5.74) is 8.38. The van der Waals surface area contributed by atoms with Crippen LogP contribution in [0, 0.1) is 5.92 Å². The number of nitrogens with zero attached hydrogens (tertiary/aromatic N) is 1. The molecular weight excluding hydrogens is 423 g/mol. The number of carbonyl (C=O) groups is 4. The van der Waals surface area contributed by atoms with Gasteiger partial charge >= 0.3 is 29.6 Å². The summed E-state index contributed by atoms with van der Waals surface area (Å²) in [5, 5.41) is 21.8. The maximum absolute atomic E-state index is 12.8. The number of rotatable bonds is 4. The zero-order valence-corrected chi connectivity index (χ0v) is 19.4. The molecule has 0 aromatic heterocycles. The summed E-state index contributed by atoms with van der Waals surface area (Å²) in [6.45, 7) is 1.51. The number of hydrogen-bond acceptors (Lipinski definition) is 6. The minimum atomic E-state index is -1.46. The molecule has 1 saturated heterocycles. The zero-order valence-electron chi connectivity index (χ0n) is 17.4. The molecule has 5 rings (SSSR count). The largest absolute Gasteiger partial charge is 1.00 e. The van der Waals surface area contributed by atoms with E-state index in [0.717, 1.165) is 0 Å². The molecule has 1 fully saturated rings. The number of β-lactam (4-membered cyclic amide) rings is 1. The summed E-state index contributed by atoms with van der Waals surface area (Å²) >= 11 is 0. The van der Waals surface area contributed by atoms with Crippen molar-refractivity contribution in [3.63, 3.8) is 0 Å². The van der Waals surface area contributed by atoms with Gasteiger partial charge < -0.3 is 25.6 Å². The van der Waals surface area contributed by atoms with E-state index in [9.17, 15) is 29.4 Å². The van der Waals surface area contributed by atoms with Crippen molar-refractivity contribution in [3.8, 4) is 11.1 Å². The van der Waals surface area contributed by atoms with Crippen LogP contribution >= 0.6 is 0 Å². The molecule has 3 aliphatic rings. The van der Waals surface area contributed by atoms with E-state index in [2.05, 4.69) is 0 Å². The molecule has 0 radical (unpaired) electrons. The number of aliphatic carboxylic acids is 1. The van der Waals surface area contributed by atoms with Gasteiger partial charge in [-0.05, 0) is 59.9 Å². The van der Waals surface area contributed by atoms with Gasteiger partial charge in [-0.15, -0.1) is 0 Å². The molecule has 2 aromatic carbocycles. The maximum Gasteiger partial charge on any atom is 1.00 e. The summed E-state index contributed by atoms with van der Waals surface area (Å²) in [6, 6.07) is 9.18. The number of carboxylic acid groups (broad SMARTS) is 1. The second kappa shape index (κ2) is 7.67. The van der Waals surface area contributed by atoms with Crippen LogP contribution in [0.3, 0.4) is 0 Å². The summed E-state index contributed by atoms with van der Waals surface area (Å²) < 4.78 is 0. The molecule has 32 heavy (non-hydrogen) atoms. The Bertz CT molecular complexity index is 1270. The van der Waals surface area contributed by atoms with Gasteiger partial charge in [0.1, 0.15) is 0 Å². The van der Waals surface area contributed by atoms with Crippen LogP contribution in [0.1, 0.15) is 45.2 Å². The molecule has 2 aromatic rings. The molecule has 0 saturated carbocycles. The molecule has 8 nitrogen and oxygen atoms in total. The molecule has 0 bridgehead atoms. The molecule has 2 aliphatic heterocycles. The molecule has 156 valence electrons. The zero-order chi connectivity index (χ0) is 22.2. The third-order valence-corrected chi connectivity index (χ3v) is 6.37. The van der Waals surface area contributed by atoms with Crippen LogP contribution in [-0.2, 0) is 9.59 Å². The third kappa shape index (κ3) is 2.98. The molecule has 2 amide bonds. The summed E-state index contributed by atoms with van der Waals surface area (Å²) in [5.74, 6) is -3.43. The van der Waals surface area contributed by atoms with E-state index >= 15 is 0 Å². The van der Waals surface area contributed by atoms with Crippen molar-refractivity contribution in [3.05, 3.63) is 64.3 Å². The van der Waals surface area contributed by atoms with Gasteiger partial charge in [0.05, 0.1) is 29.7 Å². The Labute approximate surface area is 205 Å². The van der Waals surface area contributed by atoms with E-state index in [1.807, 2.05) is 0 Å². The van der Waals surface area contributed by atoms with Crippen LogP contribution < -0.4 is 40.4 Å². The van der Waals surface area contributed by atoms with Crippen molar-refractivity contribution in [2.45, 2.75) is 25.5 Å². The summed E-state index contributed by atoms with van der Waals surface area (Å²) in [4.78, 5) is 49.7. The topological polar surface area (TPSA) is 141 Å². The van der Waals surface area contributed by atoms with Crippen LogP contribution in [0.4, 0.5) is 0 Å². The van der Waals surface area contributed by atoms with Gasteiger partial charge in [-0.1, -0.05) is 12.1 Å². The van der Waals surface area contributed by atoms with Crippen molar-refractivity contribution in [2.75, 3.05) is 0 Å². The Balaban J connectivity index is 0.00000245. The molecule has 9 heteroatoms. The molecule has 3 atom stereocenters. The number of primary amides is 1. The van der Waals surface area contributed by atoms with Crippen molar-refractivity contribution < 1.29 is 58.9 Å². The summed E-state index contributed by atoms with van der Waals surface area (Å²) in [6.07, 6.45) is -0.620. The maximum atomic E-state index is 12.8. The van der Waals surface area contributed by atoms with Crippen molar-refractivity contribution in [1.82, 2.24) is 4.90 Å². The molecular formula is C23H17N2NaO6. The first-order valence-corrected chi connectivity index (χ1v) is 9.79. The van der Waals surface area contributed by atoms with E-state index in [0.29, 0.717) is 33.4 Å². The minimum Gasteiger partial charge on any atom is -0.543 e. The van der Waals surface area contributed by atoms with Crippen LogP contribution in [0.15, 0.2) is 42.1 Å². The Morgan fingerprint density at radius 1 is 1.09 bits per heavy atom. The average molecular weight is 440 g/mol. The van der Waals surface area contributed by atoms with Crippen LogP contribution in [-0.4, -0.2) is 45.7 Å². The first-order chi connectivity index (χ1) is 14.7. The number of carbonyl (C=O) groups excluding carboxylic acids is 4. The predicted octanol–water partition coefficient (Wildman–Crippen LogP) is -2.93. The van der Waals surface area contributed by atoms with Gasteiger partial charge in [0, 0.05) is 16.7 Å². The monoisotopic (exact) mass is 440 g/mol. The van der Waals surface area contributed by atoms with E-state index < -0.39 is 35.8 Å². The van der Waals surface area contributed by atoms with E-state index in [-0.39, 0.29) is 53.0 Å². The van der Waals surface area contributed by atoms with E-state index in [1.165, 1.54) is 24.0 Å². The molecule has 3 N–H and O–H groups in total. The fourth-order valence-corrected chi connectivity index (χ4v) is 4.93. The molecule has 2 heterocycles. The van der Waals surface area contributed by atoms with Crippen LogP contribution in [0.25, 0.3) is 16.7 Å². The van der Waals surface area contributed by atoms with Gasteiger partial charge in [-0.25, -0.2) is 0 Å². The normalized spacial score (nSPS) is 21.4. The first kappa shape index (κ1) is 22.4. The van der Waals surface area contributed by atoms with Crippen molar-refractivity contribution >= 4 is 29.1 Å². The number of ketones is 1. The van der Waals surface area contributed by atoms with Gasteiger partial charge in [0.2, 0.25) is 11.8 Å². The average Bonchev–Trinajstić information content (AvgIpc) is 3.20. The van der Waals surface area contributed by atoms with Gasteiger partial charge in [-0.2, -0.15) is 0 Å². The van der Waals surface area contributed by atoms with Gasteiger partial charge in [-0.3, -0.25) is 14.4 Å². The number of benzene rings is 2. The second-order valence-corrected chi connectivity index (χ2v) is 8.07. The Morgan fingerprint density at radius 2 is 1.78 bits per heavy atom. The number of nitrogens with two attached hydrogens (primary N) is 1. The Hall–Kier alpha value is -2.78. The van der Waals surface area contributed by atoms with Gasteiger partial charge in [0.25, 0.3) is 0 Å². The minimum absolute atomic E-state index is 0. The third-order valence-electron chi connectivity index (χ3n) is 6.37.